The highest BCUT2D eigenvalue weighted by Gasteiger charge is 2.09. The lowest BCUT2D eigenvalue weighted by Crippen LogP contribution is -2.34. The second-order valence-electron chi connectivity index (χ2n) is 4.84. The molecule has 2 aromatic rings. The molecule has 0 fully saturated rings. The number of nitrogens with one attached hydrogen (secondary N) is 2. The van der Waals surface area contributed by atoms with Gasteiger partial charge >= 0.3 is 0 Å². The van der Waals surface area contributed by atoms with Crippen molar-refractivity contribution in [3.05, 3.63) is 61.1 Å². The van der Waals surface area contributed by atoms with Gasteiger partial charge in [-0.25, -0.2) is 0 Å². The summed E-state index contributed by atoms with van der Waals surface area (Å²) in [6, 6.07) is 11.1. The summed E-state index contributed by atoms with van der Waals surface area (Å²) in [6.07, 6.45) is 0. The van der Waals surface area contributed by atoms with E-state index in [1.807, 2.05) is 38.1 Å². The Hall–Kier alpha value is -0.990. The number of halogens is 2. The van der Waals surface area contributed by atoms with Crippen molar-refractivity contribution in [2.45, 2.75) is 13.8 Å². The molecular weight excluding hydrogens is 475 g/mol. The lowest BCUT2D eigenvalue weighted by molar-refractivity contribution is 0.0977. The average Bonchev–Trinajstić information content (AvgIpc) is 2.45. The number of hydrogen-bond donors (Lipinski definition) is 2. The molecule has 0 bridgehead atoms. The Bertz CT molecular complexity index is 708. The molecule has 0 aliphatic carbocycles. The summed E-state index contributed by atoms with van der Waals surface area (Å²) in [5.74, 6) is -0.232. The Labute approximate surface area is 157 Å². The number of hydrogen-bond acceptors (Lipinski definition) is 2. The van der Waals surface area contributed by atoms with Crippen LogP contribution in [0.25, 0.3) is 0 Å². The fourth-order valence-electron chi connectivity index (χ4n) is 1.96. The highest BCUT2D eigenvalue weighted by atomic mass is 127. The van der Waals surface area contributed by atoms with Crippen molar-refractivity contribution >= 4 is 67.4 Å². The predicted octanol–water partition coefficient (Wildman–Crippen LogP) is 4.80. The van der Waals surface area contributed by atoms with E-state index >= 15 is 0 Å². The van der Waals surface area contributed by atoms with Crippen LogP contribution in [0.3, 0.4) is 0 Å². The molecule has 0 aromatic heterocycles. The summed E-state index contributed by atoms with van der Waals surface area (Å²) < 4.78 is 2.16. The van der Waals surface area contributed by atoms with Crippen LogP contribution in [0.4, 0.5) is 5.69 Å². The molecule has 22 heavy (non-hydrogen) atoms. The van der Waals surface area contributed by atoms with E-state index in [0.717, 1.165) is 10.2 Å². The van der Waals surface area contributed by atoms with Crippen LogP contribution in [0.5, 0.6) is 0 Å². The second kappa shape index (κ2) is 7.52. The average molecular weight is 489 g/mol. The van der Waals surface area contributed by atoms with Gasteiger partial charge in [-0.2, -0.15) is 0 Å². The molecule has 2 rings (SSSR count). The van der Waals surface area contributed by atoms with Crippen molar-refractivity contribution in [3.8, 4) is 0 Å². The van der Waals surface area contributed by atoms with Gasteiger partial charge in [-0.1, -0.05) is 15.9 Å². The highest BCUT2D eigenvalue weighted by molar-refractivity contribution is 14.1. The Morgan fingerprint density at radius 1 is 1.14 bits per heavy atom. The van der Waals surface area contributed by atoms with Gasteiger partial charge in [0.25, 0.3) is 5.91 Å². The first-order valence-corrected chi connectivity index (χ1v) is 8.79. The van der Waals surface area contributed by atoms with Crippen molar-refractivity contribution in [3.63, 3.8) is 0 Å². The molecule has 0 aliphatic rings. The topological polar surface area (TPSA) is 41.1 Å². The molecule has 0 saturated carbocycles. The van der Waals surface area contributed by atoms with Crippen LogP contribution in [0.15, 0.2) is 40.9 Å². The van der Waals surface area contributed by atoms with E-state index in [1.165, 1.54) is 14.7 Å². The van der Waals surface area contributed by atoms with Crippen molar-refractivity contribution in [2.24, 2.45) is 0 Å². The number of anilines is 1. The third-order valence-electron chi connectivity index (χ3n) is 3.03. The van der Waals surface area contributed by atoms with Crippen LogP contribution in [-0.4, -0.2) is 11.0 Å². The molecule has 0 aliphatic heterocycles. The van der Waals surface area contributed by atoms with Crippen LogP contribution in [0.2, 0.25) is 0 Å². The Morgan fingerprint density at radius 3 is 2.23 bits per heavy atom. The van der Waals surface area contributed by atoms with Gasteiger partial charge in [0.1, 0.15) is 0 Å². The molecule has 0 radical (unpaired) electrons. The molecule has 114 valence electrons. The third-order valence-corrected chi connectivity index (χ3v) is 5.46. The van der Waals surface area contributed by atoms with Gasteiger partial charge in [-0.3, -0.25) is 10.1 Å². The van der Waals surface area contributed by atoms with E-state index < -0.39 is 0 Å². The van der Waals surface area contributed by atoms with Gasteiger partial charge in [0.05, 0.1) is 0 Å². The summed E-state index contributed by atoms with van der Waals surface area (Å²) in [6.45, 7) is 4.09. The SMILES string of the molecule is Cc1cc(NC(=S)NC(=O)c2ccc(Br)cc2)cc(C)c1I. The lowest BCUT2D eigenvalue weighted by atomic mass is 10.1. The molecule has 2 N–H and O–H groups in total. The molecule has 6 heteroatoms. The third kappa shape index (κ3) is 4.50. The molecule has 3 nitrogen and oxygen atoms in total. The number of rotatable bonds is 2. The molecule has 2 aromatic carbocycles. The molecule has 0 unspecified atom stereocenters. The Kier molecular flexibility index (Phi) is 5.94. The molecular formula is C16H14BrIN2OS. The minimum Gasteiger partial charge on any atom is -0.332 e. The zero-order chi connectivity index (χ0) is 16.3. The molecule has 0 spiro atoms. The number of amides is 1. The first-order chi connectivity index (χ1) is 10.4. The summed E-state index contributed by atoms with van der Waals surface area (Å²) in [7, 11) is 0. The highest BCUT2D eigenvalue weighted by Crippen LogP contribution is 2.21. The maximum atomic E-state index is 12.1. The number of thiocarbonyl (C=S) groups is 1. The van der Waals surface area contributed by atoms with Crippen molar-refractivity contribution in [1.29, 1.82) is 0 Å². The van der Waals surface area contributed by atoms with Gasteiger partial charge in [0, 0.05) is 19.3 Å². The summed E-state index contributed by atoms with van der Waals surface area (Å²) in [5, 5.41) is 6.02. The number of carbonyl (C=O) groups excluding carboxylic acids is 1. The van der Waals surface area contributed by atoms with E-state index in [9.17, 15) is 4.79 Å². The van der Waals surface area contributed by atoms with E-state index in [-0.39, 0.29) is 11.0 Å². The van der Waals surface area contributed by atoms with E-state index in [2.05, 4.69) is 49.2 Å². The molecule has 0 saturated heterocycles. The fraction of sp³-hybridized carbons (Fsp3) is 0.125. The smallest absolute Gasteiger partial charge is 0.257 e. The van der Waals surface area contributed by atoms with Gasteiger partial charge in [0.15, 0.2) is 5.11 Å². The monoisotopic (exact) mass is 488 g/mol. The minimum absolute atomic E-state index is 0.232. The first-order valence-electron chi connectivity index (χ1n) is 6.51. The number of carbonyl (C=O) groups is 1. The van der Waals surface area contributed by atoms with Crippen LogP contribution in [-0.2, 0) is 0 Å². The zero-order valence-corrected chi connectivity index (χ0v) is 16.6. The first kappa shape index (κ1) is 17.4. The standard InChI is InChI=1S/C16H14BrIN2OS/c1-9-7-13(8-10(2)14(9)18)19-16(22)20-15(21)11-3-5-12(17)6-4-11/h3-8H,1-2H3,(H2,19,20,21,22). The van der Waals surface area contributed by atoms with Crippen molar-refractivity contribution < 1.29 is 4.79 Å². The maximum absolute atomic E-state index is 12.1. The Balaban J connectivity index is 2.04. The van der Waals surface area contributed by atoms with E-state index in [4.69, 9.17) is 12.2 Å². The summed E-state index contributed by atoms with van der Waals surface area (Å²) in [5.41, 5.74) is 3.77. The molecule has 0 atom stereocenters. The number of benzene rings is 2. The molecule has 0 heterocycles. The zero-order valence-electron chi connectivity index (χ0n) is 12.0. The van der Waals surface area contributed by atoms with Gasteiger partial charge in [0.2, 0.25) is 0 Å². The van der Waals surface area contributed by atoms with Crippen LogP contribution < -0.4 is 10.6 Å². The molecule has 1 amide bonds. The van der Waals surface area contributed by atoms with Gasteiger partial charge in [-0.05, 0) is 96.2 Å². The largest absolute Gasteiger partial charge is 0.332 e. The van der Waals surface area contributed by atoms with Crippen molar-refractivity contribution in [1.82, 2.24) is 5.32 Å². The number of aryl methyl sites for hydroxylation is 2. The van der Waals surface area contributed by atoms with Crippen LogP contribution in [0, 0.1) is 17.4 Å². The quantitative estimate of drug-likeness (QED) is 0.471. The second-order valence-corrected chi connectivity index (χ2v) is 7.24. The maximum Gasteiger partial charge on any atom is 0.257 e. The summed E-state index contributed by atoms with van der Waals surface area (Å²) in [4.78, 5) is 12.1. The lowest BCUT2D eigenvalue weighted by Gasteiger charge is -2.12. The van der Waals surface area contributed by atoms with Crippen LogP contribution in [0.1, 0.15) is 21.5 Å². The van der Waals surface area contributed by atoms with Crippen LogP contribution >= 0.6 is 50.7 Å². The predicted molar refractivity (Wildman–Crippen MR) is 106 cm³/mol. The van der Waals surface area contributed by atoms with E-state index in [0.29, 0.717) is 5.56 Å². The van der Waals surface area contributed by atoms with Crippen molar-refractivity contribution in [2.75, 3.05) is 5.32 Å². The minimum atomic E-state index is -0.232. The Morgan fingerprint density at radius 2 is 1.68 bits per heavy atom. The normalized spacial score (nSPS) is 10.2. The van der Waals surface area contributed by atoms with Gasteiger partial charge in [-0.15, -0.1) is 0 Å². The van der Waals surface area contributed by atoms with Gasteiger partial charge < -0.3 is 5.32 Å². The fourth-order valence-corrected chi connectivity index (χ4v) is 2.74. The summed E-state index contributed by atoms with van der Waals surface area (Å²) >= 11 is 10.9. The van der Waals surface area contributed by atoms with E-state index in [1.54, 1.807) is 12.1 Å².